The van der Waals surface area contributed by atoms with Crippen LogP contribution < -0.4 is 11.3 Å². The molecule has 112 valence electrons. The molecule has 2 aliphatic rings. The second-order valence-corrected chi connectivity index (χ2v) is 7.45. The van der Waals surface area contributed by atoms with Crippen LogP contribution in [0, 0.1) is 0 Å². The smallest absolute Gasteiger partial charge is 0.280 e. The molecule has 1 aliphatic heterocycles. The monoisotopic (exact) mass is 307 g/mol. The molecule has 0 aromatic carbocycles. The lowest BCUT2D eigenvalue weighted by atomic mass is 9.99. The van der Waals surface area contributed by atoms with Gasteiger partial charge in [-0.2, -0.15) is 4.98 Å². The molecule has 3 heterocycles. The SMILES string of the molecule is Nc1nc2c(ncn2[C@H]2CC[C@]3(CCC[C@@H]3O)S2)c(=O)[nH]1. The number of hydrogen-bond donors (Lipinski definition) is 3. The van der Waals surface area contributed by atoms with Crippen LogP contribution in [0.3, 0.4) is 0 Å². The number of nitrogens with one attached hydrogen (secondary N) is 1. The molecule has 0 amide bonds. The molecule has 2 fully saturated rings. The Morgan fingerprint density at radius 1 is 1.48 bits per heavy atom. The van der Waals surface area contributed by atoms with Crippen LogP contribution in [0.25, 0.3) is 11.2 Å². The minimum Gasteiger partial charge on any atom is -0.392 e. The molecule has 3 atom stereocenters. The second-order valence-electron chi connectivity index (χ2n) is 5.86. The predicted molar refractivity (Wildman–Crippen MR) is 81.0 cm³/mol. The average molecular weight is 307 g/mol. The number of nitrogen functional groups attached to an aromatic ring is 1. The fraction of sp³-hybridized carbons (Fsp3) is 0.615. The highest BCUT2D eigenvalue weighted by Gasteiger charge is 2.48. The van der Waals surface area contributed by atoms with Crippen LogP contribution in [0.5, 0.6) is 0 Å². The molecule has 2 aromatic rings. The average Bonchev–Trinajstić information content (AvgIpc) is 3.11. The van der Waals surface area contributed by atoms with Gasteiger partial charge in [0.1, 0.15) is 0 Å². The van der Waals surface area contributed by atoms with Crippen molar-refractivity contribution in [1.29, 1.82) is 0 Å². The Morgan fingerprint density at radius 2 is 2.33 bits per heavy atom. The first kappa shape index (κ1) is 13.1. The van der Waals surface area contributed by atoms with Crippen LogP contribution >= 0.6 is 11.8 Å². The molecule has 1 saturated carbocycles. The number of rotatable bonds is 1. The number of aromatic amines is 1. The van der Waals surface area contributed by atoms with Crippen molar-refractivity contribution in [2.75, 3.05) is 5.73 Å². The molecule has 21 heavy (non-hydrogen) atoms. The molecule has 1 spiro atoms. The normalized spacial score (nSPS) is 32.4. The van der Waals surface area contributed by atoms with Crippen LogP contribution in [0.1, 0.15) is 37.5 Å². The van der Waals surface area contributed by atoms with E-state index in [1.165, 1.54) is 0 Å². The standard InChI is InChI=1S/C13H17N5O2S/c14-12-16-10-9(11(20)17-12)15-6-18(10)8-3-5-13(21-8)4-1-2-7(13)19/h6-8,19H,1-5H2,(H3,14,16,17,20)/t7-,8+,13-/m0/s1. The summed E-state index contributed by atoms with van der Waals surface area (Å²) in [7, 11) is 0. The van der Waals surface area contributed by atoms with Gasteiger partial charge < -0.3 is 15.4 Å². The van der Waals surface area contributed by atoms with Crippen molar-refractivity contribution < 1.29 is 5.11 Å². The summed E-state index contributed by atoms with van der Waals surface area (Å²) in [5.74, 6) is 0.105. The first-order valence-electron chi connectivity index (χ1n) is 7.17. The predicted octanol–water partition coefficient (Wildman–Crippen LogP) is 1.01. The van der Waals surface area contributed by atoms with E-state index >= 15 is 0 Å². The van der Waals surface area contributed by atoms with Gasteiger partial charge in [0, 0.05) is 4.75 Å². The zero-order valence-electron chi connectivity index (χ0n) is 11.5. The maximum atomic E-state index is 11.8. The quantitative estimate of drug-likeness (QED) is 0.725. The van der Waals surface area contributed by atoms with Crippen LogP contribution in [0.15, 0.2) is 11.1 Å². The largest absolute Gasteiger partial charge is 0.392 e. The summed E-state index contributed by atoms with van der Waals surface area (Å²) in [6.45, 7) is 0. The number of aliphatic hydroxyl groups is 1. The third kappa shape index (κ3) is 1.89. The topological polar surface area (TPSA) is 110 Å². The third-order valence-corrected chi connectivity index (χ3v) is 6.52. The molecule has 8 heteroatoms. The number of fused-ring (bicyclic) bond motifs is 1. The number of imidazole rings is 1. The van der Waals surface area contributed by atoms with E-state index in [1.807, 2.05) is 4.57 Å². The zero-order valence-corrected chi connectivity index (χ0v) is 12.3. The lowest BCUT2D eigenvalue weighted by Crippen LogP contribution is -2.30. The zero-order chi connectivity index (χ0) is 14.6. The highest BCUT2D eigenvalue weighted by Crippen LogP contribution is 2.57. The van der Waals surface area contributed by atoms with Crippen LogP contribution in [0.4, 0.5) is 5.95 Å². The molecule has 0 radical (unpaired) electrons. The van der Waals surface area contributed by atoms with E-state index in [0.29, 0.717) is 11.2 Å². The number of nitrogens with two attached hydrogens (primary N) is 1. The summed E-state index contributed by atoms with van der Waals surface area (Å²) in [5.41, 5.74) is 6.17. The van der Waals surface area contributed by atoms with Gasteiger partial charge in [0.2, 0.25) is 5.95 Å². The highest BCUT2D eigenvalue weighted by molar-refractivity contribution is 8.01. The number of thioether (sulfide) groups is 1. The van der Waals surface area contributed by atoms with E-state index in [1.54, 1.807) is 18.1 Å². The van der Waals surface area contributed by atoms with Gasteiger partial charge in [-0.3, -0.25) is 9.78 Å². The Labute approximate surface area is 125 Å². The fourth-order valence-corrected chi connectivity index (χ4v) is 5.38. The Hall–Kier alpha value is -1.54. The molecule has 0 bridgehead atoms. The molecule has 4 N–H and O–H groups in total. The van der Waals surface area contributed by atoms with E-state index in [9.17, 15) is 9.90 Å². The van der Waals surface area contributed by atoms with E-state index in [4.69, 9.17) is 5.73 Å². The van der Waals surface area contributed by atoms with E-state index in [0.717, 1.165) is 32.1 Å². The number of hydrogen-bond acceptors (Lipinski definition) is 6. The van der Waals surface area contributed by atoms with Crippen molar-refractivity contribution >= 4 is 28.9 Å². The highest BCUT2D eigenvalue weighted by atomic mass is 32.2. The van der Waals surface area contributed by atoms with E-state index in [-0.39, 0.29) is 27.7 Å². The minimum atomic E-state index is -0.310. The van der Waals surface area contributed by atoms with Crippen molar-refractivity contribution in [2.24, 2.45) is 0 Å². The third-order valence-electron chi connectivity index (χ3n) is 4.63. The number of aliphatic hydroxyl groups excluding tert-OH is 1. The van der Waals surface area contributed by atoms with Gasteiger partial charge in [-0.25, -0.2) is 4.98 Å². The molecule has 0 unspecified atom stereocenters. The Balaban J connectivity index is 1.74. The fourth-order valence-electron chi connectivity index (χ4n) is 3.56. The Morgan fingerprint density at radius 3 is 3.10 bits per heavy atom. The van der Waals surface area contributed by atoms with Gasteiger partial charge in [-0.15, -0.1) is 11.8 Å². The van der Waals surface area contributed by atoms with Crippen molar-refractivity contribution in [3.63, 3.8) is 0 Å². The molecule has 1 saturated heterocycles. The molecular formula is C13H17N5O2S. The lowest BCUT2D eigenvalue weighted by Gasteiger charge is -2.27. The molecule has 2 aromatic heterocycles. The van der Waals surface area contributed by atoms with Gasteiger partial charge in [0.15, 0.2) is 11.2 Å². The van der Waals surface area contributed by atoms with Crippen LogP contribution in [-0.2, 0) is 0 Å². The molecular weight excluding hydrogens is 290 g/mol. The summed E-state index contributed by atoms with van der Waals surface area (Å²) in [5, 5.41) is 10.4. The first-order valence-corrected chi connectivity index (χ1v) is 8.05. The van der Waals surface area contributed by atoms with Gasteiger partial charge in [-0.1, -0.05) is 0 Å². The van der Waals surface area contributed by atoms with Gasteiger partial charge in [0.05, 0.1) is 17.8 Å². The van der Waals surface area contributed by atoms with Gasteiger partial charge in [-0.05, 0) is 32.1 Å². The van der Waals surface area contributed by atoms with Gasteiger partial charge in [0.25, 0.3) is 5.56 Å². The van der Waals surface area contributed by atoms with Crippen molar-refractivity contribution in [3.8, 4) is 0 Å². The lowest BCUT2D eigenvalue weighted by molar-refractivity contribution is 0.148. The molecule has 1 aliphatic carbocycles. The first-order chi connectivity index (χ1) is 10.1. The molecule has 7 nitrogen and oxygen atoms in total. The number of anilines is 1. The van der Waals surface area contributed by atoms with Crippen molar-refractivity contribution in [1.82, 2.24) is 19.5 Å². The molecule has 4 rings (SSSR count). The summed E-state index contributed by atoms with van der Waals surface area (Å²) in [6.07, 6.45) is 6.38. The Kier molecular flexibility index (Phi) is 2.80. The summed E-state index contributed by atoms with van der Waals surface area (Å²) in [4.78, 5) is 22.7. The summed E-state index contributed by atoms with van der Waals surface area (Å²) in [6, 6.07) is 0. The van der Waals surface area contributed by atoms with Crippen LogP contribution in [-0.4, -0.2) is 35.5 Å². The summed E-state index contributed by atoms with van der Waals surface area (Å²) >= 11 is 1.79. The number of H-pyrrole nitrogens is 1. The summed E-state index contributed by atoms with van der Waals surface area (Å²) < 4.78 is 1.89. The van der Waals surface area contributed by atoms with E-state index < -0.39 is 0 Å². The van der Waals surface area contributed by atoms with Crippen molar-refractivity contribution in [3.05, 3.63) is 16.7 Å². The maximum Gasteiger partial charge on any atom is 0.280 e. The number of nitrogens with zero attached hydrogens (tertiary/aromatic N) is 3. The second kappa shape index (κ2) is 4.48. The Bertz CT molecular complexity index is 757. The van der Waals surface area contributed by atoms with Gasteiger partial charge >= 0.3 is 0 Å². The van der Waals surface area contributed by atoms with E-state index in [2.05, 4.69) is 15.0 Å². The van der Waals surface area contributed by atoms with Crippen molar-refractivity contribution in [2.45, 2.75) is 48.3 Å². The maximum absolute atomic E-state index is 11.8. The number of aromatic nitrogens is 4. The minimum absolute atomic E-state index is 0.0337. The van der Waals surface area contributed by atoms with Crippen LogP contribution in [0.2, 0.25) is 0 Å².